The fraction of sp³-hybridized carbons (Fsp3) is 0.615. The molecule has 0 aliphatic carbocycles. The first kappa shape index (κ1) is 26.2. The molecule has 0 aromatic heterocycles. The highest BCUT2D eigenvalue weighted by Crippen LogP contribution is 2.35. The van der Waals surface area contributed by atoms with Gasteiger partial charge in [-0.25, -0.2) is 0 Å². The van der Waals surface area contributed by atoms with E-state index in [2.05, 4.69) is 17.2 Å². The van der Waals surface area contributed by atoms with Crippen molar-refractivity contribution < 1.29 is 24.5 Å². The molecular formula is C26H37N3O5. The molecule has 4 atom stereocenters. The molecule has 3 rings (SSSR count). The van der Waals surface area contributed by atoms with Crippen LogP contribution in [0, 0.1) is 17.3 Å². The van der Waals surface area contributed by atoms with Crippen molar-refractivity contribution in [3.63, 3.8) is 0 Å². The van der Waals surface area contributed by atoms with Crippen LogP contribution in [0.4, 0.5) is 0 Å². The number of benzene rings is 1. The van der Waals surface area contributed by atoms with Crippen LogP contribution in [0.15, 0.2) is 24.3 Å². The summed E-state index contributed by atoms with van der Waals surface area (Å²) in [6.45, 7) is 8.09. The molecule has 34 heavy (non-hydrogen) atoms. The van der Waals surface area contributed by atoms with Gasteiger partial charge in [-0.2, -0.15) is 0 Å². The highest BCUT2D eigenvalue weighted by molar-refractivity contribution is 5.91. The summed E-state index contributed by atoms with van der Waals surface area (Å²) in [6.07, 6.45) is 0.619. The van der Waals surface area contributed by atoms with E-state index in [-0.39, 0.29) is 18.9 Å². The maximum absolute atomic E-state index is 13.4. The van der Waals surface area contributed by atoms with Crippen LogP contribution in [0.25, 0.3) is 0 Å². The van der Waals surface area contributed by atoms with Crippen LogP contribution in [0.5, 0.6) is 0 Å². The Labute approximate surface area is 201 Å². The molecule has 0 spiro atoms. The van der Waals surface area contributed by atoms with E-state index in [0.29, 0.717) is 31.6 Å². The molecule has 2 saturated heterocycles. The minimum atomic E-state index is -1.27. The Bertz CT molecular complexity index is 938. The number of hydrogen-bond donors (Lipinski definition) is 4. The van der Waals surface area contributed by atoms with Crippen molar-refractivity contribution in [1.82, 2.24) is 10.2 Å². The van der Waals surface area contributed by atoms with Crippen LogP contribution >= 0.6 is 0 Å². The second-order valence-electron chi connectivity index (χ2n) is 10.2. The van der Waals surface area contributed by atoms with E-state index in [1.54, 1.807) is 20.8 Å². The molecule has 2 aliphatic rings. The Morgan fingerprint density at radius 3 is 2.44 bits per heavy atom. The third-order valence-corrected chi connectivity index (χ3v) is 7.02. The first-order chi connectivity index (χ1) is 16.0. The number of ether oxygens (including phenoxy) is 1. The monoisotopic (exact) mass is 471 g/mol. The summed E-state index contributed by atoms with van der Waals surface area (Å²) < 4.78 is 5.42. The van der Waals surface area contributed by atoms with Gasteiger partial charge in [0.25, 0.3) is 0 Å². The minimum absolute atomic E-state index is 0.0504. The second-order valence-corrected chi connectivity index (χ2v) is 10.2. The summed E-state index contributed by atoms with van der Waals surface area (Å²) in [4.78, 5) is 28.1. The molecular weight excluding hydrogens is 434 g/mol. The molecule has 1 aromatic rings. The third kappa shape index (κ3) is 5.78. The van der Waals surface area contributed by atoms with Crippen molar-refractivity contribution >= 4 is 11.8 Å². The van der Waals surface area contributed by atoms with Gasteiger partial charge in [-0.1, -0.05) is 25.0 Å². The normalized spacial score (nSPS) is 24.0. The van der Waals surface area contributed by atoms with Crippen molar-refractivity contribution in [2.75, 3.05) is 19.8 Å². The zero-order chi connectivity index (χ0) is 25.1. The molecule has 1 aromatic carbocycles. The van der Waals surface area contributed by atoms with Crippen LogP contribution in [0.2, 0.25) is 0 Å². The molecule has 186 valence electrons. The van der Waals surface area contributed by atoms with Crippen LogP contribution in [0.3, 0.4) is 0 Å². The van der Waals surface area contributed by atoms with E-state index in [4.69, 9.17) is 10.5 Å². The number of aliphatic hydroxyl groups excluding tert-OH is 1. The minimum Gasteiger partial charge on any atom is -0.391 e. The lowest BCUT2D eigenvalue weighted by atomic mass is 9.75. The van der Waals surface area contributed by atoms with Crippen LogP contribution in [0.1, 0.15) is 64.1 Å². The van der Waals surface area contributed by atoms with Gasteiger partial charge in [0.15, 0.2) is 0 Å². The van der Waals surface area contributed by atoms with Crippen molar-refractivity contribution in [3.8, 4) is 11.8 Å². The molecule has 0 unspecified atom stereocenters. The van der Waals surface area contributed by atoms with Gasteiger partial charge in [0, 0.05) is 31.7 Å². The molecule has 2 aliphatic heterocycles. The van der Waals surface area contributed by atoms with E-state index < -0.39 is 41.2 Å². The van der Waals surface area contributed by atoms with Crippen molar-refractivity contribution in [3.05, 3.63) is 35.4 Å². The quantitative estimate of drug-likeness (QED) is 0.461. The number of rotatable bonds is 6. The molecule has 0 saturated carbocycles. The fourth-order valence-electron chi connectivity index (χ4n) is 4.74. The van der Waals surface area contributed by atoms with Crippen LogP contribution in [-0.4, -0.2) is 70.5 Å². The summed E-state index contributed by atoms with van der Waals surface area (Å²) in [5.74, 6) is 5.03. The van der Waals surface area contributed by atoms with Crippen LogP contribution in [-0.2, 0) is 14.3 Å². The van der Waals surface area contributed by atoms with Crippen molar-refractivity contribution in [1.29, 1.82) is 0 Å². The van der Waals surface area contributed by atoms with Gasteiger partial charge in [0.05, 0.1) is 23.8 Å². The Morgan fingerprint density at radius 1 is 1.26 bits per heavy atom. The number of carbonyl (C=O) groups is 2. The number of nitrogens with zero attached hydrogens (tertiary/aromatic N) is 1. The zero-order valence-corrected chi connectivity index (χ0v) is 20.5. The van der Waals surface area contributed by atoms with Crippen molar-refractivity contribution in [2.24, 2.45) is 11.1 Å². The number of nitrogens with one attached hydrogen (secondary N) is 1. The van der Waals surface area contributed by atoms with E-state index in [1.165, 1.54) is 4.90 Å². The maximum atomic E-state index is 13.4. The lowest BCUT2D eigenvalue weighted by molar-refractivity contribution is -0.143. The molecule has 0 bridgehead atoms. The van der Waals surface area contributed by atoms with Gasteiger partial charge in [0.2, 0.25) is 11.8 Å². The molecule has 8 heteroatoms. The highest BCUT2D eigenvalue weighted by atomic mass is 16.5. The first-order valence-electron chi connectivity index (χ1n) is 11.8. The lowest BCUT2D eigenvalue weighted by Crippen LogP contribution is -2.58. The Kier molecular flexibility index (Phi) is 8.04. The smallest absolute Gasteiger partial charge is 0.243 e. The third-order valence-electron chi connectivity index (χ3n) is 7.02. The molecule has 5 N–H and O–H groups in total. The SMILES string of the molecule is CC#Cc1ccc([C@@H](NC(=O)[C@@H]2C[C@@H](O)CN2C(=O)[C@@H](N)C2(C)CCOCC2)C(C)(C)O)cc1. The highest BCUT2D eigenvalue weighted by Gasteiger charge is 2.46. The van der Waals surface area contributed by atoms with E-state index >= 15 is 0 Å². The summed E-state index contributed by atoms with van der Waals surface area (Å²) in [5, 5.41) is 24.0. The average molecular weight is 472 g/mol. The first-order valence-corrected chi connectivity index (χ1v) is 11.8. The second kappa shape index (κ2) is 10.4. The molecule has 8 nitrogen and oxygen atoms in total. The van der Waals surface area contributed by atoms with Gasteiger partial charge in [-0.15, -0.1) is 5.92 Å². The number of likely N-dealkylation sites (tertiary alicyclic amines) is 1. The lowest BCUT2D eigenvalue weighted by Gasteiger charge is -2.40. The predicted molar refractivity (Wildman–Crippen MR) is 128 cm³/mol. The van der Waals surface area contributed by atoms with Gasteiger partial charge >= 0.3 is 0 Å². The summed E-state index contributed by atoms with van der Waals surface area (Å²) >= 11 is 0. The van der Waals surface area contributed by atoms with Gasteiger partial charge in [-0.05, 0) is 56.7 Å². The van der Waals surface area contributed by atoms with E-state index in [1.807, 2.05) is 31.2 Å². The molecule has 2 amide bonds. The topological polar surface area (TPSA) is 125 Å². The van der Waals surface area contributed by atoms with Crippen LogP contribution < -0.4 is 11.1 Å². The Morgan fingerprint density at radius 2 is 1.88 bits per heavy atom. The largest absolute Gasteiger partial charge is 0.391 e. The predicted octanol–water partition coefficient (Wildman–Crippen LogP) is 1.09. The molecule has 2 heterocycles. The fourth-order valence-corrected chi connectivity index (χ4v) is 4.74. The van der Waals surface area contributed by atoms with E-state index in [0.717, 1.165) is 5.56 Å². The molecule has 0 radical (unpaired) electrons. The number of aliphatic hydroxyl groups is 2. The van der Waals surface area contributed by atoms with Gasteiger partial charge in [0.1, 0.15) is 6.04 Å². The van der Waals surface area contributed by atoms with Gasteiger partial charge < -0.3 is 30.9 Å². The van der Waals surface area contributed by atoms with E-state index in [9.17, 15) is 19.8 Å². The summed E-state index contributed by atoms with van der Waals surface area (Å²) in [6, 6.07) is 4.91. The van der Waals surface area contributed by atoms with Gasteiger partial charge in [-0.3, -0.25) is 9.59 Å². The molecule has 2 fully saturated rings. The number of nitrogens with two attached hydrogens (primary N) is 1. The zero-order valence-electron chi connectivity index (χ0n) is 20.5. The summed E-state index contributed by atoms with van der Waals surface area (Å²) in [5.41, 5.74) is 6.25. The van der Waals surface area contributed by atoms with Crippen molar-refractivity contribution in [2.45, 2.75) is 76.8 Å². The Balaban J connectivity index is 1.79. The number of carbonyl (C=O) groups excluding carboxylic acids is 2. The number of β-amino-alcohol motifs (C(OH)–C–C–N with tert-alkyl or cyclic N) is 1. The summed E-state index contributed by atoms with van der Waals surface area (Å²) in [7, 11) is 0. The number of hydrogen-bond acceptors (Lipinski definition) is 6. The maximum Gasteiger partial charge on any atom is 0.243 e. The number of amides is 2. The standard InChI is InChI=1S/C26H37N3O5/c1-5-6-17-7-9-18(10-8-17)22(25(2,3)33)28-23(31)20-15-19(30)16-29(20)24(32)21(27)26(4)11-13-34-14-12-26/h7-10,19-22,30,33H,11-16,27H2,1-4H3,(H,28,31)/t19-,20+,21-,22-/m1/s1. The average Bonchev–Trinajstić information content (AvgIpc) is 3.19. The Hall–Kier alpha value is -2.44.